The smallest absolute Gasteiger partial charge is 0.296 e. The van der Waals surface area contributed by atoms with E-state index >= 15 is 0 Å². The van der Waals surface area contributed by atoms with E-state index in [1.165, 1.54) is 5.56 Å². The zero-order valence-corrected chi connectivity index (χ0v) is 11.2. The number of nitrogens with zero attached hydrogens (tertiary/aromatic N) is 3. The fourth-order valence-corrected chi connectivity index (χ4v) is 2.14. The maximum atomic E-state index is 5.67. The minimum absolute atomic E-state index is 0.0363. The van der Waals surface area contributed by atoms with Gasteiger partial charge in [0.05, 0.1) is 6.04 Å². The molecular weight excluding hydrogens is 240 g/mol. The Morgan fingerprint density at radius 3 is 2.95 bits per heavy atom. The molecule has 0 spiro atoms. The largest absolute Gasteiger partial charge is 0.424 e. The van der Waals surface area contributed by atoms with Crippen molar-refractivity contribution in [2.45, 2.75) is 19.9 Å². The van der Waals surface area contributed by atoms with Gasteiger partial charge in [0.25, 0.3) is 6.01 Å². The highest BCUT2D eigenvalue weighted by Crippen LogP contribution is 2.23. The summed E-state index contributed by atoms with van der Waals surface area (Å²) in [6.07, 6.45) is 3.70. The fourth-order valence-electron chi connectivity index (χ4n) is 2.14. The summed E-state index contributed by atoms with van der Waals surface area (Å²) < 4.78 is 7.65. The van der Waals surface area contributed by atoms with Gasteiger partial charge in [0.1, 0.15) is 11.3 Å². The Balaban J connectivity index is 1.87. The topological polar surface area (TPSA) is 55.9 Å². The van der Waals surface area contributed by atoms with Crippen LogP contribution in [0.3, 0.4) is 0 Å². The molecule has 0 amide bonds. The van der Waals surface area contributed by atoms with Crippen LogP contribution in [-0.4, -0.2) is 14.5 Å². The van der Waals surface area contributed by atoms with E-state index in [4.69, 9.17) is 4.42 Å². The van der Waals surface area contributed by atoms with E-state index in [-0.39, 0.29) is 6.04 Å². The van der Waals surface area contributed by atoms with Crippen LogP contribution in [0.5, 0.6) is 0 Å². The van der Waals surface area contributed by atoms with Gasteiger partial charge in [-0.3, -0.25) is 0 Å². The second-order valence-corrected chi connectivity index (χ2v) is 4.75. The first-order chi connectivity index (χ1) is 9.13. The lowest BCUT2D eigenvalue weighted by molar-refractivity contribution is 0.594. The van der Waals surface area contributed by atoms with Gasteiger partial charge in [-0.15, -0.1) is 0 Å². The van der Waals surface area contributed by atoms with E-state index in [0.717, 1.165) is 16.9 Å². The number of rotatable bonds is 3. The van der Waals surface area contributed by atoms with Gasteiger partial charge in [-0.1, -0.05) is 6.07 Å². The highest BCUT2D eigenvalue weighted by atomic mass is 16.4. The van der Waals surface area contributed by atoms with Crippen molar-refractivity contribution in [1.82, 2.24) is 14.5 Å². The third kappa shape index (κ3) is 2.19. The Hall–Kier alpha value is -2.30. The average molecular weight is 256 g/mol. The van der Waals surface area contributed by atoms with Crippen LogP contribution in [0.2, 0.25) is 0 Å². The molecule has 0 aliphatic carbocycles. The Bertz CT molecular complexity index is 713. The lowest BCUT2D eigenvalue weighted by Gasteiger charge is -2.11. The molecule has 5 nitrogen and oxygen atoms in total. The number of fused-ring (bicyclic) bond motifs is 1. The number of benzene rings is 1. The molecule has 3 rings (SSSR count). The molecule has 5 heteroatoms. The quantitative estimate of drug-likeness (QED) is 0.782. The SMILES string of the molecule is Cc1ccc2oc(NC(C)c3nccn3C)nc2c1. The van der Waals surface area contributed by atoms with Crippen molar-refractivity contribution < 1.29 is 4.42 Å². The fraction of sp³-hybridized carbons (Fsp3) is 0.286. The summed E-state index contributed by atoms with van der Waals surface area (Å²) in [5.41, 5.74) is 2.83. The zero-order valence-electron chi connectivity index (χ0n) is 11.2. The molecule has 0 saturated carbocycles. The van der Waals surface area contributed by atoms with E-state index in [0.29, 0.717) is 6.01 Å². The van der Waals surface area contributed by atoms with Crippen molar-refractivity contribution in [1.29, 1.82) is 0 Å². The average Bonchev–Trinajstić information content (AvgIpc) is 2.94. The zero-order chi connectivity index (χ0) is 13.4. The number of oxazole rings is 1. The van der Waals surface area contributed by atoms with Gasteiger partial charge in [-0.25, -0.2) is 4.98 Å². The molecule has 3 aromatic rings. The summed E-state index contributed by atoms with van der Waals surface area (Å²) in [4.78, 5) is 8.75. The third-order valence-electron chi connectivity index (χ3n) is 3.13. The predicted octanol–water partition coefficient (Wildman–Crippen LogP) is 3.04. The van der Waals surface area contributed by atoms with Crippen LogP contribution in [0, 0.1) is 6.92 Å². The van der Waals surface area contributed by atoms with Crippen molar-refractivity contribution in [3.05, 3.63) is 42.0 Å². The maximum Gasteiger partial charge on any atom is 0.296 e. The minimum atomic E-state index is 0.0363. The molecule has 0 radical (unpaired) electrons. The van der Waals surface area contributed by atoms with Gasteiger partial charge in [0, 0.05) is 19.4 Å². The van der Waals surface area contributed by atoms with Crippen LogP contribution >= 0.6 is 0 Å². The first-order valence-corrected chi connectivity index (χ1v) is 6.24. The molecule has 0 fully saturated rings. The van der Waals surface area contributed by atoms with Gasteiger partial charge in [-0.05, 0) is 31.5 Å². The van der Waals surface area contributed by atoms with Gasteiger partial charge in [0.2, 0.25) is 0 Å². The molecule has 98 valence electrons. The number of anilines is 1. The Morgan fingerprint density at radius 1 is 1.37 bits per heavy atom. The molecule has 0 bridgehead atoms. The lowest BCUT2D eigenvalue weighted by Crippen LogP contribution is -2.11. The van der Waals surface area contributed by atoms with Gasteiger partial charge in [0.15, 0.2) is 5.58 Å². The van der Waals surface area contributed by atoms with Crippen molar-refractivity contribution in [2.24, 2.45) is 7.05 Å². The van der Waals surface area contributed by atoms with Crippen molar-refractivity contribution in [3.63, 3.8) is 0 Å². The molecule has 0 aliphatic heterocycles. The molecule has 1 atom stereocenters. The standard InChI is InChI=1S/C14H16N4O/c1-9-4-5-12-11(8-9)17-14(19-12)16-10(2)13-15-6-7-18(13)3/h4-8,10H,1-3H3,(H,16,17). The third-order valence-corrected chi connectivity index (χ3v) is 3.13. The number of hydrogen-bond acceptors (Lipinski definition) is 4. The summed E-state index contributed by atoms with van der Waals surface area (Å²) in [7, 11) is 1.97. The number of aryl methyl sites for hydroxylation is 2. The second-order valence-electron chi connectivity index (χ2n) is 4.75. The summed E-state index contributed by atoms with van der Waals surface area (Å²) in [5, 5.41) is 3.23. The van der Waals surface area contributed by atoms with Crippen LogP contribution in [0.25, 0.3) is 11.1 Å². The Kier molecular flexibility index (Phi) is 2.74. The van der Waals surface area contributed by atoms with Crippen LogP contribution in [0.15, 0.2) is 35.0 Å². The van der Waals surface area contributed by atoms with E-state index in [2.05, 4.69) is 15.3 Å². The van der Waals surface area contributed by atoms with Crippen LogP contribution in [-0.2, 0) is 7.05 Å². The summed E-state index contributed by atoms with van der Waals surface area (Å²) in [5.74, 6) is 0.943. The summed E-state index contributed by atoms with van der Waals surface area (Å²) in [6, 6.07) is 6.52. The van der Waals surface area contributed by atoms with Crippen molar-refractivity contribution in [2.75, 3.05) is 5.32 Å². The number of imidazole rings is 1. The van der Waals surface area contributed by atoms with Crippen molar-refractivity contribution >= 4 is 17.1 Å². The molecule has 2 heterocycles. The van der Waals surface area contributed by atoms with E-state index < -0.39 is 0 Å². The molecule has 1 N–H and O–H groups in total. The van der Waals surface area contributed by atoms with E-state index in [1.807, 2.05) is 49.9 Å². The van der Waals surface area contributed by atoms with Gasteiger partial charge in [-0.2, -0.15) is 4.98 Å². The van der Waals surface area contributed by atoms with E-state index in [1.54, 1.807) is 6.20 Å². The van der Waals surface area contributed by atoms with Gasteiger partial charge >= 0.3 is 0 Å². The Labute approximate surface area is 111 Å². The Morgan fingerprint density at radius 2 is 2.21 bits per heavy atom. The molecular formula is C14H16N4O. The number of nitrogens with one attached hydrogen (secondary N) is 1. The van der Waals surface area contributed by atoms with Crippen LogP contribution in [0.1, 0.15) is 24.4 Å². The molecule has 2 aromatic heterocycles. The highest BCUT2D eigenvalue weighted by molar-refractivity contribution is 5.75. The minimum Gasteiger partial charge on any atom is -0.424 e. The molecule has 0 saturated heterocycles. The normalized spacial score (nSPS) is 12.8. The van der Waals surface area contributed by atoms with Gasteiger partial charge < -0.3 is 14.3 Å². The predicted molar refractivity (Wildman–Crippen MR) is 74.0 cm³/mol. The molecule has 0 aliphatic rings. The monoisotopic (exact) mass is 256 g/mol. The molecule has 1 aromatic carbocycles. The maximum absolute atomic E-state index is 5.67. The first kappa shape index (κ1) is 11.8. The lowest BCUT2D eigenvalue weighted by atomic mass is 10.2. The van der Waals surface area contributed by atoms with Crippen molar-refractivity contribution in [3.8, 4) is 0 Å². The van der Waals surface area contributed by atoms with Crippen LogP contribution in [0.4, 0.5) is 6.01 Å². The second kappa shape index (κ2) is 4.42. The molecule has 1 unspecified atom stereocenters. The number of aromatic nitrogens is 3. The number of hydrogen-bond donors (Lipinski definition) is 1. The van der Waals surface area contributed by atoms with Crippen LogP contribution < -0.4 is 5.32 Å². The summed E-state index contributed by atoms with van der Waals surface area (Å²) >= 11 is 0. The first-order valence-electron chi connectivity index (χ1n) is 6.24. The summed E-state index contributed by atoms with van der Waals surface area (Å²) in [6.45, 7) is 4.07. The highest BCUT2D eigenvalue weighted by Gasteiger charge is 2.13. The molecule has 19 heavy (non-hydrogen) atoms. The van der Waals surface area contributed by atoms with E-state index in [9.17, 15) is 0 Å².